The quantitative estimate of drug-likeness (QED) is 0.836. The van der Waals surface area contributed by atoms with Crippen LogP contribution in [0.15, 0.2) is 30.7 Å². The average Bonchev–Trinajstić information content (AvgIpc) is 2.46. The van der Waals surface area contributed by atoms with E-state index in [2.05, 4.69) is 25.6 Å². The zero-order valence-corrected chi connectivity index (χ0v) is 10.7. The maximum absolute atomic E-state index is 13.6. The Balaban J connectivity index is 2.02. The van der Waals surface area contributed by atoms with Crippen LogP contribution in [0.1, 0.15) is 18.9 Å². The van der Waals surface area contributed by atoms with Crippen LogP contribution in [0.4, 0.5) is 16.2 Å². The molecule has 0 aliphatic heterocycles. The highest BCUT2D eigenvalue weighted by Gasteiger charge is 2.06. The lowest BCUT2D eigenvalue weighted by Crippen LogP contribution is -2.09. The molecular formula is C13H16FN5. The first-order valence-electron chi connectivity index (χ1n) is 6.18. The van der Waals surface area contributed by atoms with Crippen LogP contribution in [0.5, 0.6) is 0 Å². The second kappa shape index (κ2) is 6.63. The van der Waals surface area contributed by atoms with Crippen molar-refractivity contribution in [3.8, 4) is 0 Å². The minimum absolute atomic E-state index is 0.192. The van der Waals surface area contributed by atoms with E-state index in [1.807, 2.05) is 19.1 Å². The zero-order valence-electron chi connectivity index (χ0n) is 10.7. The van der Waals surface area contributed by atoms with Gasteiger partial charge in [0.2, 0.25) is 5.95 Å². The number of halogens is 1. The van der Waals surface area contributed by atoms with E-state index in [4.69, 9.17) is 0 Å². The van der Waals surface area contributed by atoms with Crippen molar-refractivity contribution in [3.63, 3.8) is 0 Å². The molecule has 0 aliphatic rings. The lowest BCUT2D eigenvalue weighted by Gasteiger charge is -2.08. The van der Waals surface area contributed by atoms with E-state index in [1.54, 1.807) is 12.4 Å². The molecule has 0 radical (unpaired) electrons. The molecule has 0 amide bonds. The first-order chi connectivity index (χ1) is 9.29. The topological polar surface area (TPSA) is 62.7 Å². The molecule has 0 bridgehead atoms. The number of pyridine rings is 1. The Labute approximate surface area is 111 Å². The van der Waals surface area contributed by atoms with Crippen LogP contribution in [-0.4, -0.2) is 21.5 Å². The van der Waals surface area contributed by atoms with Gasteiger partial charge in [-0.3, -0.25) is 4.98 Å². The number of hydrogen-bond donors (Lipinski definition) is 2. The van der Waals surface area contributed by atoms with E-state index in [0.29, 0.717) is 12.5 Å². The van der Waals surface area contributed by atoms with Gasteiger partial charge in [0.15, 0.2) is 11.6 Å². The molecule has 2 heterocycles. The summed E-state index contributed by atoms with van der Waals surface area (Å²) in [5, 5.41) is 5.96. The van der Waals surface area contributed by atoms with Crippen molar-refractivity contribution in [3.05, 3.63) is 42.1 Å². The predicted octanol–water partition coefficient (Wildman–Crippen LogP) is 2.44. The van der Waals surface area contributed by atoms with Crippen molar-refractivity contribution in [2.75, 3.05) is 17.2 Å². The Morgan fingerprint density at radius 1 is 1.26 bits per heavy atom. The molecule has 0 spiro atoms. The van der Waals surface area contributed by atoms with E-state index >= 15 is 0 Å². The van der Waals surface area contributed by atoms with E-state index < -0.39 is 5.82 Å². The largest absolute Gasteiger partial charge is 0.363 e. The third-order valence-corrected chi connectivity index (χ3v) is 2.46. The molecule has 2 aromatic heterocycles. The highest BCUT2D eigenvalue weighted by Crippen LogP contribution is 2.13. The number of anilines is 2. The minimum atomic E-state index is -0.467. The number of rotatable bonds is 6. The summed E-state index contributed by atoms with van der Waals surface area (Å²) >= 11 is 0. The van der Waals surface area contributed by atoms with Crippen molar-refractivity contribution >= 4 is 11.8 Å². The lowest BCUT2D eigenvalue weighted by atomic mass is 10.3. The molecule has 0 saturated heterocycles. The van der Waals surface area contributed by atoms with E-state index in [0.717, 1.165) is 24.7 Å². The minimum Gasteiger partial charge on any atom is -0.363 e. The number of nitrogens with one attached hydrogen (secondary N) is 2. The first-order valence-corrected chi connectivity index (χ1v) is 6.18. The molecule has 5 nitrogen and oxygen atoms in total. The van der Waals surface area contributed by atoms with Crippen LogP contribution in [0.3, 0.4) is 0 Å². The van der Waals surface area contributed by atoms with Gasteiger partial charge in [-0.1, -0.05) is 13.0 Å². The molecule has 19 heavy (non-hydrogen) atoms. The summed E-state index contributed by atoms with van der Waals surface area (Å²) < 4.78 is 13.6. The Morgan fingerprint density at radius 3 is 2.89 bits per heavy atom. The molecule has 2 aromatic rings. The van der Waals surface area contributed by atoms with Crippen molar-refractivity contribution in [1.29, 1.82) is 0 Å². The zero-order chi connectivity index (χ0) is 13.5. The van der Waals surface area contributed by atoms with Crippen molar-refractivity contribution in [2.24, 2.45) is 0 Å². The number of hydrogen-bond acceptors (Lipinski definition) is 5. The maximum atomic E-state index is 13.6. The van der Waals surface area contributed by atoms with Gasteiger partial charge in [0, 0.05) is 25.5 Å². The standard InChI is InChI=1S/C13H16FN5/c1-2-5-16-13-18-9-11(14)12(19-13)17-8-10-4-3-6-15-7-10/h3-4,6-7,9H,2,5,8H2,1H3,(H2,16,17,18,19). The van der Waals surface area contributed by atoms with Gasteiger partial charge in [0.05, 0.1) is 6.20 Å². The van der Waals surface area contributed by atoms with Gasteiger partial charge in [0.1, 0.15) is 0 Å². The molecular weight excluding hydrogens is 245 g/mol. The summed E-state index contributed by atoms with van der Waals surface area (Å²) in [6, 6.07) is 3.75. The fourth-order valence-electron chi connectivity index (χ4n) is 1.50. The fourth-order valence-corrected chi connectivity index (χ4v) is 1.50. The molecule has 2 rings (SSSR count). The highest BCUT2D eigenvalue weighted by molar-refractivity contribution is 5.41. The smallest absolute Gasteiger partial charge is 0.224 e. The molecule has 2 N–H and O–H groups in total. The summed E-state index contributed by atoms with van der Waals surface area (Å²) in [7, 11) is 0. The monoisotopic (exact) mass is 261 g/mol. The van der Waals surface area contributed by atoms with Crippen LogP contribution >= 0.6 is 0 Å². The van der Waals surface area contributed by atoms with E-state index in [-0.39, 0.29) is 5.82 Å². The Hall–Kier alpha value is -2.24. The Bertz CT molecular complexity index is 518. The second-order valence-corrected chi connectivity index (χ2v) is 4.03. The fraction of sp³-hybridized carbons (Fsp3) is 0.308. The van der Waals surface area contributed by atoms with Crippen molar-refractivity contribution < 1.29 is 4.39 Å². The summed E-state index contributed by atoms with van der Waals surface area (Å²) in [6.45, 7) is 3.26. The van der Waals surface area contributed by atoms with Crippen LogP contribution < -0.4 is 10.6 Å². The molecule has 0 atom stereocenters. The van der Waals surface area contributed by atoms with E-state index in [1.165, 1.54) is 0 Å². The third kappa shape index (κ3) is 3.87. The SMILES string of the molecule is CCCNc1ncc(F)c(NCc2cccnc2)n1. The normalized spacial score (nSPS) is 10.2. The number of aromatic nitrogens is 3. The van der Waals surface area contributed by atoms with Gasteiger partial charge >= 0.3 is 0 Å². The number of nitrogens with zero attached hydrogens (tertiary/aromatic N) is 3. The molecule has 0 aromatic carbocycles. The van der Waals surface area contributed by atoms with Crippen molar-refractivity contribution in [1.82, 2.24) is 15.0 Å². The molecule has 6 heteroatoms. The van der Waals surface area contributed by atoms with Gasteiger partial charge < -0.3 is 10.6 Å². The Morgan fingerprint density at radius 2 is 2.16 bits per heavy atom. The maximum Gasteiger partial charge on any atom is 0.224 e. The van der Waals surface area contributed by atoms with Gasteiger partial charge in [-0.2, -0.15) is 4.98 Å². The Kier molecular flexibility index (Phi) is 4.60. The summed E-state index contributed by atoms with van der Waals surface area (Å²) in [5.74, 6) is 0.153. The predicted molar refractivity (Wildman–Crippen MR) is 72.3 cm³/mol. The van der Waals surface area contributed by atoms with Gasteiger partial charge in [-0.15, -0.1) is 0 Å². The highest BCUT2D eigenvalue weighted by atomic mass is 19.1. The average molecular weight is 261 g/mol. The molecule has 100 valence electrons. The second-order valence-electron chi connectivity index (χ2n) is 4.03. The van der Waals surface area contributed by atoms with Crippen LogP contribution in [-0.2, 0) is 6.54 Å². The molecule has 0 saturated carbocycles. The lowest BCUT2D eigenvalue weighted by molar-refractivity contribution is 0.617. The molecule has 0 unspecified atom stereocenters. The van der Waals surface area contributed by atoms with Crippen LogP contribution in [0.25, 0.3) is 0 Å². The van der Waals surface area contributed by atoms with Crippen LogP contribution in [0.2, 0.25) is 0 Å². The van der Waals surface area contributed by atoms with Crippen LogP contribution in [0, 0.1) is 5.82 Å². The summed E-state index contributed by atoms with van der Waals surface area (Å²) in [6.07, 6.45) is 5.54. The van der Waals surface area contributed by atoms with Crippen molar-refractivity contribution in [2.45, 2.75) is 19.9 Å². The van der Waals surface area contributed by atoms with Gasteiger partial charge in [-0.25, -0.2) is 9.37 Å². The third-order valence-electron chi connectivity index (χ3n) is 2.46. The summed E-state index contributed by atoms with van der Waals surface area (Å²) in [5.41, 5.74) is 0.962. The summed E-state index contributed by atoms with van der Waals surface area (Å²) in [4.78, 5) is 12.0. The van der Waals surface area contributed by atoms with E-state index in [9.17, 15) is 4.39 Å². The van der Waals surface area contributed by atoms with Gasteiger partial charge in [-0.05, 0) is 18.1 Å². The molecule has 0 fully saturated rings. The first kappa shape index (κ1) is 13.2. The molecule has 0 aliphatic carbocycles. The van der Waals surface area contributed by atoms with Gasteiger partial charge in [0.25, 0.3) is 0 Å².